The number of halogens is 2. The van der Waals surface area contributed by atoms with Gasteiger partial charge in [0.05, 0.1) is 0 Å². The fourth-order valence-corrected chi connectivity index (χ4v) is 4.97. The Kier molecular flexibility index (Phi) is 7.18. The fourth-order valence-electron chi connectivity index (χ4n) is 4.97. The first-order chi connectivity index (χ1) is 21.6. The number of hydrogen-bond donors (Lipinski definition) is 0. The Morgan fingerprint density at radius 1 is 0.341 bits per heavy atom. The van der Waals surface area contributed by atoms with Gasteiger partial charge in [0.25, 0.3) is 0 Å². The Morgan fingerprint density at radius 3 is 1.05 bits per heavy atom. The van der Waals surface area contributed by atoms with E-state index in [1.165, 1.54) is 24.3 Å². The largest absolute Gasteiger partial charge is 0.264 e. The van der Waals surface area contributed by atoms with E-state index in [1.54, 1.807) is 36.7 Å². The van der Waals surface area contributed by atoms with Crippen molar-refractivity contribution in [3.05, 3.63) is 152 Å². The lowest BCUT2D eigenvalue weighted by atomic mass is 9.94. The van der Waals surface area contributed by atoms with E-state index in [1.807, 2.05) is 60.9 Å². The molecule has 0 fully saturated rings. The van der Waals surface area contributed by atoms with Gasteiger partial charge >= 0.3 is 0 Å². The minimum absolute atomic E-state index is 0.350. The maximum absolute atomic E-state index is 13.7. The molecule has 0 saturated heterocycles. The number of pyridine rings is 2. The third-order valence-corrected chi connectivity index (χ3v) is 7.24. The molecule has 7 rings (SSSR count). The molecule has 0 aliphatic heterocycles. The molecule has 0 atom stereocenters. The van der Waals surface area contributed by atoms with Gasteiger partial charge in [-0.15, -0.1) is 0 Å². The van der Waals surface area contributed by atoms with Gasteiger partial charge in [0.1, 0.15) is 11.6 Å². The highest BCUT2D eigenvalue weighted by atomic mass is 19.1. The molecule has 3 aromatic heterocycles. The maximum Gasteiger partial charge on any atom is 0.164 e. The van der Waals surface area contributed by atoms with Gasteiger partial charge < -0.3 is 0 Å². The van der Waals surface area contributed by atoms with Crippen molar-refractivity contribution >= 4 is 0 Å². The van der Waals surface area contributed by atoms with Gasteiger partial charge in [0.15, 0.2) is 17.5 Å². The van der Waals surface area contributed by atoms with E-state index < -0.39 is 0 Å². The van der Waals surface area contributed by atoms with Gasteiger partial charge in [0.2, 0.25) is 0 Å². The van der Waals surface area contributed by atoms with Crippen LogP contribution in [-0.4, -0.2) is 24.9 Å². The lowest BCUT2D eigenvalue weighted by molar-refractivity contribution is 0.627. The summed E-state index contributed by atoms with van der Waals surface area (Å²) in [4.78, 5) is 22.7. The van der Waals surface area contributed by atoms with E-state index in [9.17, 15) is 8.78 Å². The number of nitrogens with zero attached hydrogens (tertiary/aromatic N) is 5. The third kappa shape index (κ3) is 5.71. The summed E-state index contributed by atoms with van der Waals surface area (Å²) in [5, 5.41) is 0. The monoisotopic (exact) mass is 575 g/mol. The van der Waals surface area contributed by atoms with Crippen molar-refractivity contribution < 1.29 is 8.78 Å². The summed E-state index contributed by atoms with van der Waals surface area (Å²) in [6, 6.07) is 34.3. The van der Waals surface area contributed by atoms with Crippen LogP contribution in [0.2, 0.25) is 0 Å². The Hall–Kier alpha value is -5.95. The van der Waals surface area contributed by atoms with E-state index in [2.05, 4.69) is 33.2 Å². The number of hydrogen-bond acceptors (Lipinski definition) is 5. The van der Waals surface area contributed by atoms with E-state index in [-0.39, 0.29) is 11.6 Å². The summed E-state index contributed by atoms with van der Waals surface area (Å²) in [5.41, 5.74) is 8.23. The first-order valence-corrected chi connectivity index (χ1v) is 13.9. The number of aromatic nitrogens is 5. The molecule has 3 heterocycles. The highest BCUT2D eigenvalue weighted by Crippen LogP contribution is 2.33. The van der Waals surface area contributed by atoms with Crippen molar-refractivity contribution in [3.63, 3.8) is 0 Å². The van der Waals surface area contributed by atoms with Crippen LogP contribution in [0, 0.1) is 11.6 Å². The minimum atomic E-state index is -0.350. The molecule has 0 aliphatic rings. The lowest BCUT2D eigenvalue weighted by Gasteiger charge is -2.12. The van der Waals surface area contributed by atoms with Crippen molar-refractivity contribution in [1.29, 1.82) is 0 Å². The Labute approximate surface area is 252 Å². The molecular weight excluding hydrogens is 552 g/mol. The van der Waals surface area contributed by atoms with E-state index in [0.717, 1.165) is 38.9 Å². The molecule has 0 amide bonds. The second-order valence-corrected chi connectivity index (χ2v) is 10.2. The highest BCUT2D eigenvalue weighted by Gasteiger charge is 2.14. The van der Waals surface area contributed by atoms with Crippen LogP contribution >= 0.6 is 0 Å². The van der Waals surface area contributed by atoms with Crippen LogP contribution in [0.25, 0.3) is 67.5 Å². The predicted molar refractivity (Wildman–Crippen MR) is 168 cm³/mol. The molecule has 0 unspecified atom stereocenters. The third-order valence-electron chi connectivity index (χ3n) is 7.24. The van der Waals surface area contributed by atoms with Crippen LogP contribution < -0.4 is 0 Å². The quantitative estimate of drug-likeness (QED) is 0.198. The van der Waals surface area contributed by atoms with Crippen LogP contribution in [0.4, 0.5) is 8.78 Å². The molecule has 0 radical (unpaired) electrons. The van der Waals surface area contributed by atoms with Crippen molar-refractivity contribution in [2.75, 3.05) is 0 Å². The molecule has 0 bridgehead atoms. The summed E-state index contributed by atoms with van der Waals surface area (Å²) in [7, 11) is 0. The number of rotatable bonds is 6. The normalized spacial score (nSPS) is 11.0. The van der Waals surface area contributed by atoms with Crippen LogP contribution in [0.15, 0.2) is 140 Å². The molecule has 210 valence electrons. The zero-order chi connectivity index (χ0) is 29.9. The minimum Gasteiger partial charge on any atom is -0.264 e. The Morgan fingerprint density at radius 2 is 0.682 bits per heavy atom. The van der Waals surface area contributed by atoms with E-state index in [4.69, 9.17) is 9.97 Å². The fraction of sp³-hybridized carbons (Fsp3) is 0. The topological polar surface area (TPSA) is 64.5 Å². The summed E-state index contributed by atoms with van der Waals surface area (Å²) in [6.07, 6.45) is 7.23. The number of benzene rings is 4. The molecule has 7 aromatic rings. The Balaban J connectivity index is 1.31. The maximum atomic E-state index is 13.7. The molecule has 0 saturated carbocycles. The zero-order valence-corrected chi connectivity index (χ0v) is 23.3. The van der Waals surface area contributed by atoms with Crippen LogP contribution in [-0.2, 0) is 0 Å². The summed E-state index contributed by atoms with van der Waals surface area (Å²) in [6.45, 7) is 0. The zero-order valence-electron chi connectivity index (χ0n) is 23.3. The van der Waals surface area contributed by atoms with Gasteiger partial charge in [-0.1, -0.05) is 36.4 Å². The van der Waals surface area contributed by atoms with Gasteiger partial charge in [-0.3, -0.25) is 9.97 Å². The summed E-state index contributed by atoms with van der Waals surface area (Å²) in [5.74, 6) is 0.533. The summed E-state index contributed by atoms with van der Waals surface area (Å²) < 4.78 is 27.3. The highest BCUT2D eigenvalue weighted by molar-refractivity contribution is 5.81. The van der Waals surface area contributed by atoms with Gasteiger partial charge in [-0.05, 0) is 101 Å². The van der Waals surface area contributed by atoms with Crippen molar-refractivity contribution in [2.45, 2.75) is 0 Å². The van der Waals surface area contributed by atoms with Crippen molar-refractivity contribution in [2.24, 2.45) is 0 Å². The molecule has 0 aliphatic carbocycles. The molecule has 0 spiro atoms. The first-order valence-electron chi connectivity index (χ1n) is 13.9. The Bertz CT molecular complexity index is 1930. The first kappa shape index (κ1) is 26.9. The SMILES string of the molecule is Fc1ccc(-c2nc(-c3ccc(F)cc3)nc(-c3ccc(-c4cc(-c5cccnc5)cc(-c5cccnc5)c4)cc3)n2)cc1. The van der Waals surface area contributed by atoms with Gasteiger partial charge in [0, 0.05) is 52.6 Å². The molecule has 7 heteroatoms. The predicted octanol–water partition coefficient (Wildman–Crippen LogP) is 8.94. The van der Waals surface area contributed by atoms with E-state index >= 15 is 0 Å². The van der Waals surface area contributed by atoms with Gasteiger partial charge in [-0.2, -0.15) is 0 Å². The molecule has 0 N–H and O–H groups in total. The standard InChI is InChI=1S/C37H23F2N5/c38-33-13-9-26(10-14-33)36-42-35(43-37(44-36)27-11-15-34(39)16-12-27)25-7-5-24(6-8-25)30-19-31(28-3-1-17-40-22-28)21-32(20-30)29-4-2-18-41-23-29/h1-23H. The second kappa shape index (κ2) is 11.7. The molecule has 5 nitrogen and oxygen atoms in total. The molecular formula is C37H23F2N5. The second-order valence-electron chi connectivity index (χ2n) is 10.2. The average Bonchev–Trinajstić information content (AvgIpc) is 3.09. The molecule has 44 heavy (non-hydrogen) atoms. The van der Waals surface area contributed by atoms with Gasteiger partial charge in [-0.25, -0.2) is 23.7 Å². The van der Waals surface area contributed by atoms with Crippen LogP contribution in [0.3, 0.4) is 0 Å². The van der Waals surface area contributed by atoms with Crippen molar-refractivity contribution in [1.82, 2.24) is 24.9 Å². The van der Waals surface area contributed by atoms with Crippen LogP contribution in [0.1, 0.15) is 0 Å². The smallest absolute Gasteiger partial charge is 0.164 e. The lowest BCUT2D eigenvalue weighted by Crippen LogP contribution is -2.00. The average molecular weight is 576 g/mol. The van der Waals surface area contributed by atoms with Crippen molar-refractivity contribution in [3.8, 4) is 67.5 Å². The van der Waals surface area contributed by atoms with E-state index in [0.29, 0.717) is 28.6 Å². The summed E-state index contributed by atoms with van der Waals surface area (Å²) >= 11 is 0. The van der Waals surface area contributed by atoms with Crippen LogP contribution in [0.5, 0.6) is 0 Å². The molecule has 4 aromatic carbocycles.